The first-order valence-corrected chi connectivity index (χ1v) is 7.06. The number of hydrogen-bond acceptors (Lipinski definition) is 2. The number of hydrogen-bond donors (Lipinski definition) is 2. The van der Waals surface area contributed by atoms with Crippen LogP contribution >= 0.6 is 46.4 Å². The van der Waals surface area contributed by atoms with Gasteiger partial charge in [0, 0.05) is 5.56 Å². The molecule has 0 spiro atoms. The third-order valence-electron chi connectivity index (χ3n) is 2.88. The number of nitrogens with one attached hydrogen (secondary N) is 1. The van der Waals surface area contributed by atoms with Crippen molar-refractivity contribution < 1.29 is 0 Å². The first-order valence-electron chi connectivity index (χ1n) is 5.55. The molecule has 0 aliphatic heterocycles. The summed E-state index contributed by atoms with van der Waals surface area (Å²) in [6.45, 7) is 0. The Kier molecular flexibility index (Phi) is 3.46. The van der Waals surface area contributed by atoms with E-state index in [2.05, 4.69) is 9.97 Å². The van der Waals surface area contributed by atoms with Crippen LogP contribution in [0.1, 0.15) is 0 Å². The van der Waals surface area contributed by atoms with Crippen LogP contribution in [0.25, 0.3) is 22.4 Å². The summed E-state index contributed by atoms with van der Waals surface area (Å²) in [6.07, 6.45) is 0. The van der Waals surface area contributed by atoms with Gasteiger partial charge in [0.25, 0.3) is 0 Å². The molecule has 2 aromatic carbocycles. The van der Waals surface area contributed by atoms with Gasteiger partial charge in [-0.2, -0.15) is 0 Å². The normalized spacial score (nSPS) is 11.2. The van der Waals surface area contributed by atoms with Crippen molar-refractivity contribution in [1.82, 2.24) is 9.97 Å². The van der Waals surface area contributed by atoms with Gasteiger partial charge in [-0.05, 0) is 24.3 Å². The van der Waals surface area contributed by atoms with Crippen molar-refractivity contribution in [2.24, 2.45) is 0 Å². The summed E-state index contributed by atoms with van der Waals surface area (Å²) in [7, 11) is 0. The predicted molar refractivity (Wildman–Crippen MR) is 86.0 cm³/mol. The Hall–Kier alpha value is -1.13. The molecule has 7 heteroatoms. The second-order valence-electron chi connectivity index (χ2n) is 4.22. The quantitative estimate of drug-likeness (QED) is 0.577. The molecule has 0 saturated heterocycles. The van der Waals surface area contributed by atoms with Gasteiger partial charge in [-0.15, -0.1) is 0 Å². The van der Waals surface area contributed by atoms with E-state index < -0.39 is 0 Å². The number of fused-ring (bicyclic) bond motifs is 1. The fourth-order valence-corrected chi connectivity index (χ4v) is 2.67. The van der Waals surface area contributed by atoms with Gasteiger partial charge in [0.2, 0.25) is 0 Å². The van der Waals surface area contributed by atoms with Crippen LogP contribution in [-0.4, -0.2) is 9.97 Å². The van der Waals surface area contributed by atoms with Crippen LogP contribution in [0.5, 0.6) is 0 Å². The van der Waals surface area contributed by atoms with E-state index in [9.17, 15) is 0 Å². The zero-order valence-electron chi connectivity index (χ0n) is 9.85. The minimum atomic E-state index is 0.347. The largest absolute Gasteiger partial charge is 0.396 e. The van der Waals surface area contributed by atoms with Crippen molar-refractivity contribution >= 4 is 63.1 Å². The number of anilines is 1. The molecule has 0 saturated carbocycles. The van der Waals surface area contributed by atoms with E-state index in [0.29, 0.717) is 37.1 Å². The van der Waals surface area contributed by atoms with Gasteiger partial charge in [0.05, 0.1) is 36.8 Å². The molecule has 0 atom stereocenters. The van der Waals surface area contributed by atoms with Gasteiger partial charge >= 0.3 is 0 Å². The zero-order valence-corrected chi connectivity index (χ0v) is 12.9. The minimum Gasteiger partial charge on any atom is -0.396 e. The lowest BCUT2D eigenvalue weighted by Gasteiger charge is -2.03. The maximum Gasteiger partial charge on any atom is 0.138 e. The molecule has 3 aromatic rings. The molecule has 3 rings (SSSR count). The van der Waals surface area contributed by atoms with Crippen LogP contribution in [0.4, 0.5) is 5.69 Å². The number of aromatic amines is 1. The van der Waals surface area contributed by atoms with Crippen molar-refractivity contribution in [2.45, 2.75) is 0 Å². The lowest BCUT2D eigenvalue weighted by molar-refractivity contribution is 1.34. The van der Waals surface area contributed by atoms with E-state index in [1.807, 2.05) is 0 Å². The lowest BCUT2D eigenvalue weighted by Crippen LogP contribution is -1.89. The average molecular weight is 347 g/mol. The molecule has 3 N–H and O–H groups in total. The summed E-state index contributed by atoms with van der Waals surface area (Å²) in [6, 6.07) is 6.81. The molecule has 0 fully saturated rings. The Morgan fingerprint density at radius 1 is 0.850 bits per heavy atom. The zero-order chi connectivity index (χ0) is 14.4. The Morgan fingerprint density at radius 3 is 2.10 bits per heavy atom. The van der Waals surface area contributed by atoms with Gasteiger partial charge in [0.1, 0.15) is 5.82 Å². The van der Waals surface area contributed by atoms with E-state index in [0.717, 1.165) is 11.1 Å². The van der Waals surface area contributed by atoms with Crippen LogP contribution in [0.2, 0.25) is 20.1 Å². The van der Waals surface area contributed by atoms with E-state index in [1.165, 1.54) is 0 Å². The molecule has 1 heterocycles. The molecule has 0 radical (unpaired) electrons. The van der Waals surface area contributed by atoms with Crippen molar-refractivity contribution in [3.8, 4) is 11.4 Å². The van der Waals surface area contributed by atoms with E-state index in [-0.39, 0.29) is 0 Å². The Morgan fingerprint density at radius 2 is 1.45 bits per heavy atom. The highest BCUT2D eigenvalue weighted by Gasteiger charge is 2.11. The summed E-state index contributed by atoms with van der Waals surface area (Å²) < 4.78 is 0. The van der Waals surface area contributed by atoms with Gasteiger partial charge in [0.15, 0.2) is 0 Å². The summed E-state index contributed by atoms with van der Waals surface area (Å²) in [4.78, 5) is 7.58. The van der Waals surface area contributed by atoms with Crippen LogP contribution in [-0.2, 0) is 0 Å². The van der Waals surface area contributed by atoms with Crippen molar-refractivity contribution in [3.63, 3.8) is 0 Å². The molecule has 1 aromatic heterocycles. The number of benzene rings is 2. The fraction of sp³-hybridized carbons (Fsp3) is 0. The van der Waals surface area contributed by atoms with E-state index in [4.69, 9.17) is 52.1 Å². The SMILES string of the molecule is Nc1c(Cl)cc(-c2nc3cc(Cl)c(Cl)cc3[nH]2)cc1Cl. The van der Waals surface area contributed by atoms with Crippen molar-refractivity contribution in [2.75, 3.05) is 5.73 Å². The summed E-state index contributed by atoms with van der Waals surface area (Å²) >= 11 is 24.0. The lowest BCUT2D eigenvalue weighted by atomic mass is 10.2. The summed E-state index contributed by atoms with van der Waals surface area (Å²) in [5.74, 6) is 0.613. The average Bonchev–Trinajstić information content (AvgIpc) is 2.79. The topological polar surface area (TPSA) is 54.7 Å². The molecular formula is C13H7Cl4N3. The smallest absolute Gasteiger partial charge is 0.138 e. The summed E-state index contributed by atoms with van der Waals surface area (Å²) in [5.41, 5.74) is 8.28. The molecule has 20 heavy (non-hydrogen) atoms. The van der Waals surface area contributed by atoms with Gasteiger partial charge in [-0.3, -0.25) is 0 Å². The number of nitrogens with two attached hydrogens (primary N) is 1. The molecular weight excluding hydrogens is 340 g/mol. The monoisotopic (exact) mass is 345 g/mol. The number of rotatable bonds is 1. The van der Waals surface area contributed by atoms with E-state index >= 15 is 0 Å². The number of halogens is 4. The van der Waals surface area contributed by atoms with Crippen LogP contribution in [0.15, 0.2) is 24.3 Å². The molecule has 0 aliphatic carbocycles. The second kappa shape index (κ2) is 5.01. The van der Waals surface area contributed by atoms with Gasteiger partial charge in [-0.25, -0.2) is 4.98 Å². The third-order valence-corrected chi connectivity index (χ3v) is 4.22. The first-order chi connectivity index (χ1) is 9.45. The number of aromatic nitrogens is 2. The fourth-order valence-electron chi connectivity index (χ4n) is 1.86. The standard InChI is InChI=1S/C13H7Cl4N3/c14-6-3-10-11(4-7(6)15)20-13(19-10)5-1-8(16)12(18)9(17)2-5/h1-4H,18H2,(H,19,20). The van der Waals surface area contributed by atoms with Crippen LogP contribution in [0.3, 0.4) is 0 Å². The second-order valence-corrected chi connectivity index (χ2v) is 5.85. The van der Waals surface area contributed by atoms with Crippen molar-refractivity contribution in [3.05, 3.63) is 44.4 Å². The highest BCUT2D eigenvalue weighted by atomic mass is 35.5. The highest BCUT2D eigenvalue weighted by molar-refractivity contribution is 6.42. The van der Waals surface area contributed by atoms with Crippen LogP contribution in [0, 0.1) is 0 Å². The Balaban J connectivity index is 2.20. The maximum absolute atomic E-state index is 6.02. The maximum atomic E-state index is 6.02. The third kappa shape index (κ3) is 2.31. The number of imidazole rings is 1. The summed E-state index contributed by atoms with van der Waals surface area (Å²) in [5, 5.41) is 1.67. The Bertz CT molecular complexity index is 764. The minimum absolute atomic E-state index is 0.347. The molecule has 0 bridgehead atoms. The molecule has 102 valence electrons. The first kappa shape index (κ1) is 13.8. The number of nitrogen functional groups attached to an aromatic ring is 1. The van der Waals surface area contributed by atoms with Crippen LogP contribution < -0.4 is 5.73 Å². The molecule has 0 amide bonds. The predicted octanol–water partition coefficient (Wildman–Crippen LogP) is 5.43. The molecule has 0 aliphatic rings. The van der Waals surface area contributed by atoms with Crippen molar-refractivity contribution in [1.29, 1.82) is 0 Å². The number of H-pyrrole nitrogens is 1. The Labute approximate surface area is 134 Å². The van der Waals surface area contributed by atoms with Gasteiger partial charge < -0.3 is 10.7 Å². The number of nitrogens with zero attached hydrogens (tertiary/aromatic N) is 1. The molecule has 0 unspecified atom stereocenters. The van der Waals surface area contributed by atoms with E-state index in [1.54, 1.807) is 24.3 Å². The van der Waals surface area contributed by atoms with Gasteiger partial charge in [-0.1, -0.05) is 46.4 Å². The highest BCUT2D eigenvalue weighted by Crippen LogP contribution is 2.34. The molecule has 3 nitrogen and oxygen atoms in total.